The lowest BCUT2D eigenvalue weighted by molar-refractivity contribution is -0.137. The Morgan fingerprint density at radius 2 is 1.92 bits per heavy atom. The second-order valence-corrected chi connectivity index (χ2v) is 5.32. The summed E-state index contributed by atoms with van der Waals surface area (Å²) < 4.78 is 48.6. The van der Waals surface area contributed by atoms with Crippen LogP contribution in [0.15, 0.2) is 42.5 Å². The second kappa shape index (κ2) is 8.57. The van der Waals surface area contributed by atoms with Crippen molar-refractivity contribution >= 4 is 5.91 Å². The minimum absolute atomic E-state index is 0.0334. The number of alkyl halides is 3. The molecule has 0 aliphatic carbocycles. The highest BCUT2D eigenvalue weighted by Crippen LogP contribution is 2.30. The Bertz CT molecular complexity index is 762. The van der Waals surface area contributed by atoms with Gasteiger partial charge in [0.15, 0.2) is 11.5 Å². The molecule has 140 valence electrons. The van der Waals surface area contributed by atoms with E-state index in [1.165, 1.54) is 37.4 Å². The van der Waals surface area contributed by atoms with Crippen LogP contribution in [0.25, 0.3) is 0 Å². The molecule has 0 radical (unpaired) electrons. The quantitative estimate of drug-likeness (QED) is 0.787. The average molecular weight is 369 g/mol. The predicted molar refractivity (Wildman–Crippen MR) is 88.2 cm³/mol. The van der Waals surface area contributed by atoms with Crippen molar-refractivity contribution in [3.63, 3.8) is 0 Å². The van der Waals surface area contributed by atoms with Crippen LogP contribution < -0.4 is 14.8 Å². The van der Waals surface area contributed by atoms with Crippen LogP contribution in [0.2, 0.25) is 0 Å². The van der Waals surface area contributed by atoms with Crippen molar-refractivity contribution in [2.45, 2.75) is 12.7 Å². The molecule has 0 atom stereocenters. The minimum Gasteiger partial charge on any atom is -0.493 e. The van der Waals surface area contributed by atoms with Gasteiger partial charge in [0.2, 0.25) is 0 Å². The van der Waals surface area contributed by atoms with Gasteiger partial charge in [0.1, 0.15) is 6.61 Å². The lowest BCUT2D eigenvalue weighted by atomic mass is 10.1. The molecule has 0 bridgehead atoms. The van der Waals surface area contributed by atoms with E-state index in [0.717, 1.165) is 12.1 Å². The average Bonchev–Trinajstić information content (AvgIpc) is 2.63. The maximum Gasteiger partial charge on any atom is 0.416 e. The minimum atomic E-state index is -4.44. The molecule has 0 fully saturated rings. The Hall–Kier alpha value is -2.74. The monoisotopic (exact) mass is 369 g/mol. The third-order valence-electron chi connectivity index (χ3n) is 3.48. The van der Waals surface area contributed by atoms with E-state index in [1.807, 2.05) is 0 Å². The zero-order valence-electron chi connectivity index (χ0n) is 14.0. The van der Waals surface area contributed by atoms with Gasteiger partial charge in [-0.2, -0.15) is 13.2 Å². The SMILES string of the molecule is COc1ccc(C(=O)NCc2cccc(C(F)(F)F)c2)cc1OCCO. The molecule has 0 saturated heterocycles. The first kappa shape index (κ1) is 19.6. The fourth-order valence-electron chi connectivity index (χ4n) is 2.23. The zero-order chi connectivity index (χ0) is 19.2. The normalized spacial score (nSPS) is 11.1. The molecular weight excluding hydrogens is 351 g/mol. The molecule has 1 amide bonds. The fourth-order valence-corrected chi connectivity index (χ4v) is 2.23. The molecule has 5 nitrogen and oxygen atoms in total. The lowest BCUT2D eigenvalue weighted by Crippen LogP contribution is -2.23. The molecule has 2 rings (SSSR count). The number of nitrogens with one attached hydrogen (secondary N) is 1. The molecule has 0 heterocycles. The fraction of sp³-hybridized carbons (Fsp3) is 0.278. The maximum absolute atomic E-state index is 12.7. The molecule has 0 spiro atoms. The molecule has 26 heavy (non-hydrogen) atoms. The third kappa shape index (κ3) is 5.13. The van der Waals surface area contributed by atoms with Crippen molar-refractivity contribution in [3.05, 3.63) is 59.2 Å². The zero-order valence-corrected chi connectivity index (χ0v) is 14.0. The first-order valence-electron chi connectivity index (χ1n) is 7.71. The van der Waals surface area contributed by atoms with Gasteiger partial charge in [0, 0.05) is 12.1 Å². The molecule has 0 aliphatic heterocycles. The summed E-state index contributed by atoms with van der Waals surface area (Å²) >= 11 is 0. The highest BCUT2D eigenvalue weighted by atomic mass is 19.4. The molecule has 0 unspecified atom stereocenters. The molecule has 0 aromatic heterocycles. The van der Waals surface area contributed by atoms with Crippen molar-refractivity contribution in [1.82, 2.24) is 5.32 Å². The summed E-state index contributed by atoms with van der Waals surface area (Å²) in [5.41, 5.74) is -0.183. The molecule has 0 saturated carbocycles. The van der Waals surface area contributed by atoms with Crippen LogP contribution >= 0.6 is 0 Å². The van der Waals surface area contributed by atoms with E-state index in [1.54, 1.807) is 0 Å². The van der Waals surface area contributed by atoms with Crippen molar-refractivity contribution in [2.24, 2.45) is 0 Å². The summed E-state index contributed by atoms with van der Waals surface area (Å²) in [6, 6.07) is 9.23. The maximum atomic E-state index is 12.7. The standard InChI is InChI=1S/C18H18F3NO4/c1-25-15-6-5-13(10-16(15)26-8-7-23)17(24)22-11-12-3-2-4-14(9-12)18(19,20)21/h2-6,9-10,23H,7-8,11H2,1H3,(H,22,24). The molecule has 2 aromatic carbocycles. The highest BCUT2D eigenvalue weighted by molar-refractivity contribution is 5.94. The second-order valence-electron chi connectivity index (χ2n) is 5.32. The van der Waals surface area contributed by atoms with Crippen LogP contribution in [-0.2, 0) is 12.7 Å². The van der Waals surface area contributed by atoms with Gasteiger partial charge >= 0.3 is 6.18 Å². The van der Waals surface area contributed by atoms with Crippen molar-refractivity contribution in [2.75, 3.05) is 20.3 Å². The Kier molecular flexibility index (Phi) is 6.46. The van der Waals surface area contributed by atoms with E-state index < -0.39 is 17.6 Å². The van der Waals surface area contributed by atoms with Crippen LogP contribution in [0.5, 0.6) is 11.5 Å². The van der Waals surface area contributed by atoms with E-state index in [-0.39, 0.29) is 31.1 Å². The third-order valence-corrected chi connectivity index (χ3v) is 3.48. The van der Waals surface area contributed by atoms with Gasteiger partial charge < -0.3 is 19.9 Å². The van der Waals surface area contributed by atoms with Crippen LogP contribution in [0.4, 0.5) is 13.2 Å². The summed E-state index contributed by atoms with van der Waals surface area (Å²) in [7, 11) is 1.44. The van der Waals surface area contributed by atoms with Gasteiger partial charge in [-0.05, 0) is 35.9 Å². The van der Waals surface area contributed by atoms with Gasteiger partial charge in [-0.3, -0.25) is 4.79 Å². The largest absolute Gasteiger partial charge is 0.493 e. The molecule has 2 aromatic rings. The molecule has 8 heteroatoms. The van der Waals surface area contributed by atoms with Gasteiger partial charge in [-0.1, -0.05) is 12.1 Å². The number of hydrogen-bond acceptors (Lipinski definition) is 4. The van der Waals surface area contributed by atoms with E-state index in [2.05, 4.69) is 5.32 Å². The number of carbonyl (C=O) groups is 1. The Labute approximate surface area is 148 Å². The topological polar surface area (TPSA) is 67.8 Å². The molecule has 2 N–H and O–H groups in total. The van der Waals surface area contributed by atoms with Crippen LogP contribution in [0.1, 0.15) is 21.5 Å². The first-order valence-corrected chi connectivity index (χ1v) is 7.71. The number of amides is 1. The number of benzene rings is 2. The van der Waals surface area contributed by atoms with E-state index in [9.17, 15) is 18.0 Å². The summed E-state index contributed by atoms with van der Waals surface area (Å²) in [6.45, 7) is -0.220. The van der Waals surface area contributed by atoms with Crippen molar-refractivity contribution in [1.29, 1.82) is 0 Å². The van der Waals surface area contributed by atoms with Crippen molar-refractivity contribution in [3.8, 4) is 11.5 Å². The summed E-state index contributed by atoms with van der Waals surface area (Å²) in [5, 5.41) is 11.4. The Morgan fingerprint density at radius 1 is 1.15 bits per heavy atom. The predicted octanol–water partition coefficient (Wildman–Crippen LogP) is 3.02. The number of rotatable bonds is 7. The van der Waals surface area contributed by atoms with Gasteiger partial charge in [0.05, 0.1) is 19.3 Å². The summed E-state index contributed by atoms with van der Waals surface area (Å²) in [6.07, 6.45) is -4.44. The number of carbonyl (C=O) groups excluding carboxylic acids is 1. The van der Waals surface area contributed by atoms with E-state index >= 15 is 0 Å². The number of aliphatic hydroxyl groups excluding tert-OH is 1. The van der Waals surface area contributed by atoms with Crippen LogP contribution in [0, 0.1) is 0 Å². The van der Waals surface area contributed by atoms with E-state index in [4.69, 9.17) is 14.6 Å². The number of ether oxygens (including phenoxy) is 2. The molecular formula is C18H18F3NO4. The summed E-state index contributed by atoms with van der Waals surface area (Å²) in [5.74, 6) is 0.208. The van der Waals surface area contributed by atoms with Gasteiger partial charge in [-0.15, -0.1) is 0 Å². The smallest absolute Gasteiger partial charge is 0.416 e. The van der Waals surface area contributed by atoms with Gasteiger partial charge in [0.25, 0.3) is 5.91 Å². The van der Waals surface area contributed by atoms with Gasteiger partial charge in [-0.25, -0.2) is 0 Å². The van der Waals surface area contributed by atoms with Crippen LogP contribution in [0.3, 0.4) is 0 Å². The van der Waals surface area contributed by atoms with E-state index in [0.29, 0.717) is 11.3 Å². The number of halogens is 3. The lowest BCUT2D eigenvalue weighted by Gasteiger charge is -2.12. The number of aliphatic hydroxyl groups is 1. The number of hydrogen-bond donors (Lipinski definition) is 2. The number of methoxy groups -OCH3 is 1. The highest BCUT2D eigenvalue weighted by Gasteiger charge is 2.30. The van der Waals surface area contributed by atoms with Crippen molar-refractivity contribution < 1.29 is 32.5 Å². The Morgan fingerprint density at radius 3 is 2.58 bits per heavy atom. The Balaban J connectivity index is 2.08. The first-order chi connectivity index (χ1) is 12.3. The summed E-state index contributed by atoms with van der Waals surface area (Å²) in [4.78, 5) is 12.2. The van der Waals surface area contributed by atoms with Crippen LogP contribution in [-0.4, -0.2) is 31.3 Å². The molecule has 0 aliphatic rings.